The number of likely N-dealkylation sites (N-methyl/N-ethyl adjacent to an activating group) is 1. The molecule has 1 heterocycles. The summed E-state index contributed by atoms with van der Waals surface area (Å²) in [6.07, 6.45) is 8.77. The molecule has 4 nitrogen and oxygen atoms in total. The molecule has 2 unspecified atom stereocenters. The van der Waals surface area contributed by atoms with E-state index in [-0.39, 0.29) is 0 Å². The van der Waals surface area contributed by atoms with Crippen LogP contribution in [0, 0.1) is 0 Å². The van der Waals surface area contributed by atoms with Gasteiger partial charge in [0.25, 0.3) is 0 Å². The van der Waals surface area contributed by atoms with Crippen LogP contribution in [0.25, 0.3) is 0 Å². The van der Waals surface area contributed by atoms with Crippen molar-refractivity contribution < 1.29 is 4.52 Å². The van der Waals surface area contributed by atoms with Gasteiger partial charge < -0.3 is 9.84 Å². The lowest BCUT2D eigenvalue weighted by Crippen LogP contribution is -2.27. The molecule has 1 aromatic rings. The van der Waals surface area contributed by atoms with Gasteiger partial charge in [-0.15, -0.1) is 0 Å². The molecule has 1 aromatic heterocycles. The van der Waals surface area contributed by atoms with E-state index in [1.807, 2.05) is 7.05 Å². The summed E-state index contributed by atoms with van der Waals surface area (Å²) in [4.78, 5) is 4.65. The van der Waals surface area contributed by atoms with Crippen LogP contribution in [-0.4, -0.2) is 23.2 Å². The minimum absolute atomic E-state index is 0.433. The molecule has 2 aliphatic carbocycles. The monoisotopic (exact) mass is 235 g/mol. The van der Waals surface area contributed by atoms with Gasteiger partial charge in [-0.05, 0) is 32.7 Å². The Balaban J connectivity index is 1.75. The number of rotatable bonds is 3. The van der Waals surface area contributed by atoms with E-state index in [0.29, 0.717) is 17.9 Å². The maximum absolute atomic E-state index is 5.49. The highest BCUT2D eigenvalue weighted by Crippen LogP contribution is 2.36. The fourth-order valence-corrected chi connectivity index (χ4v) is 3.35. The molecule has 0 aliphatic heterocycles. The lowest BCUT2D eigenvalue weighted by atomic mass is 10.0. The molecule has 0 bridgehead atoms. The Morgan fingerprint density at radius 2 is 1.94 bits per heavy atom. The van der Waals surface area contributed by atoms with E-state index in [9.17, 15) is 0 Å². The molecule has 0 saturated heterocycles. The third-order valence-corrected chi connectivity index (χ3v) is 4.38. The van der Waals surface area contributed by atoms with E-state index >= 15 is 0 Å². The van der Waals surface area contributed by atoms with E-state index in [1.54, 1.807) is 0 Å². The third-order valence-electron chi connectivity index (χ3n) is 4.38. The van der Waals surface area contributed by atoms with Crippen LogP contribution in [-0.2, 0) is 0 Å². The van der Waals surface area contributed by atoms with Crippen LogP contribution in [0.5, 0.6) is 0 Å². The smallest absolute Gasteiger partial charge is 0.231 e. The normalized spacial score (nSPS) is 30.2. The minimum Gasteiger partial charge on any atom is -0.339 e. The van der Waals surface area contributed by atoms with Crippen LogP contribution < -0.4 is 5.32 Å². The Kier molecular flexibility index (Phi) is 3.14. The summed E-state index contributed by atoms with van der Waals surface area (Å²) in [6.45, 7) is 0. The fourth-order valence-electron chi connectivity index (χ4n) is 3.35. The van der Waals surface area contributed by atoms with Gasteiger partial charge in [-0.3, -0.25) is 0 Å². The molecule has 0 aromatic carbocycles. The molecule has 0 spiro atoms. The maximum Gasteiger partial charge on any atom is 0.231 e. The van der Waals surface area contributed by atoms with Crippen molar-refractivity contribution in [3.8, 4) is 0 Å². The zero-order valence-electron chi connectivity index (χ0n) is 10.5. The molecule has 2 atom stereocenters. The van der Waals surface area contributed by atoms with Crippen molar-refractivity contribution in [1.82, 2.24) is 15.5 Å². The van der Waals surface area contributed by atoms with Crippen molar-refractivity contribution in [2.24, 2.45) is 0 Å². The van der Waals surface area contributed by atoms with Crippen LogP contribution in [0.3, 0.4) is 0 Å². The zero-order valence-corrected chi connectivity index (χ0v) is 10.5. The van der Waals surface area contributed by atoms with Gasteiger partial charge in [-0.1, -0.05) is 24.4 Å². The standard InChI is InChI=1S/C13H21N3O/c1-14-11-8-4-7-10(11)13-15-12(16-17-13)9-5-2-3-6-9/h9-11,14H,2-8H2,1H3. The van der Waals surface area contributed by atoms with Crippen LogP contribution in [0.4, 0.5) is 0 Å². The van der Waals surface area contributed by atoms with E-state index in [1.165, 1.54) is 44.9 Å². The van der Waals surface area contributed by atoms with Gasteiger partial charge in [-0.25, -0.2) is 0 Å². The third kappa shape index (κ3) is 2.10. The predicted octanol–water partition coefficient (Wildman–Crippen LogP) is 2.58. The second-order valence-corrected chi connectivity index (χ2v) is 5.40. The van der Waals surface area contributed by atoms with Gasteiger partial charge in [0.2, 0.25) is 5.89 Å². The number of hydrogen-bond acceptors (Lipinski definition) is 4. The summed E-state index contributed by atoms with van der Waals surface area (Å²) in [6, 6.07) is 0.520. The molecule has 94 valence electrons. The first-order chi connectivity index (χ1) is 8.38. The fraction of sp³-hybridized carbons (Fsp3) is 0.846. The molecule has 2 saturated carbocycles. The molecule has 3 rings (SSSR count). The van der Waals surface area contributed by atoms with E-state index in [2.05, 4.69) is 15.5 Å². The summed E-state index contributed by atoms with van der Waals surface area (Å²) >= 11 is 0. The quantitative estimate of drug-likeness (QED) is 0.875. The Bertz CT molecular complexity index is 370. The van der Waals surface area contributed by atoms with Gasteiger partial charge in [0.15, 0.2) is 5.82 Å². The largest absolute Gasteiger partial charge is 0.339 e. The highest BCUT2D eigenvalue weighted by atomic mass is 16.5. The first-order valence-corrected chi connectivity index (χ1v) is 6.89. The first-order valence-electron chi connectivity index (χ1n) is 6.89. The summed E-state index contributed by atoms with van der Waals surface area (Å²) in [5, 5.41) is 7.56. The second kappa shape index (κ2) is 4.77. The van der Waals surface area contributed by atoms with Crippen molar-refractivity contribution in [3.63, 3.8) is 0 Å². The summed E-state index contributed by atoms with van der Waals surface area (Å²) < 4.78 is 5.49. The van der Waals surface area contributed by atoms with Crippen molar-refractivity contribution in [1.29, 1.82) is 0 Å². The number of nitrogens with one attached hydrogen (secondary N) is 1. The molecule has 2 fully saturated rings. The van der Waals surface area contributed by atoms with Crippen LogP contribution >= 0.6 is 0 Å². The highest BCUT2D eigenvalue weighted by Gasteiger charge is 2.33. The summed E-state index contributed by atoms with van der Waals surface area (Å²) in [5.74, 6) is 2.81. The molecular weight excluding hydrogens is 214 g/mol. The second-order valence-electron chi connectivity index (χ2n) is 5.40. The molecule has 0 radical (unpaired) electrons. The first kappa shape index (κ1) is 11.2. The Morgan fingerprint density at radius 1 is 1.12 bits per heavy atom. The molecule has 0 amide bonds. The molecule has 4 heteroatoms. The van der Waals surface area contributed by atoms with Gasteiger partial charge in [-0.2, -0.15) is 4.98 Å². The van der Waals surface area contributed by atoms with Crippen LogP contribution in [0.2, 0.25) is 0 Å². The Labute approximate surface area is 102 Å². The van der Waals surface area contributed by atoms with Gasteiger partial charge in [0.1, 0.15) is 0 Å². The van der Waals surface area contributed by atoms with Gasteiger partial charge in [0.05, 0.1) is 5.92 Å². The van der Waals surface area contributed by atoms with E-state index < -0.39 is 0 Å². The van der Waals surface area contributed by atoms with Gasteiger partial charge >= 0.3 is 0 Å². The molecule has 17 heavy (non-hydrogen) atoms. The number of hydrogen-bond donors (Lipinski definition) is 1. The predicted molar refractivity (Wildman–Crippen MR) is 64.9 cm³/mol. The molecule has 1 N–H and O–H groups in total. The van der Waals surface area contributed by atoms with Crippen molar-refractivity contribution >= 4 is 0 Å². The van der Waals surface area contributed by atoms with Crippen molar-refractivity contribution in [2.45, 2.75) is 62.8 Å². The number of aromatic nitrogens is 2. The average molecular weight is 235 g/mol. The van der Waals surface area contributed by atoms with Gasteiger partial charge in [0, 0.05) is 12.0 Å². The van der Waals surface area contributed by atoms with E-state index in [4.69, 9.17) is 4.52 Å². The Morgan fingerprint density at radius 3 is 2.71 bits per heavy atom. The number of nitrogens with zero attached hydrogens (tertiary/aromatic N) is 2. The molecule has 2 aliphatic rings. The minimum atomic E-state index is 0.433. The highest BCUT2D eigenvalue weighted by molar-refractivity contribution is 5.05. The topological polar surface area (TPSA) is 51.0 Å². The van der Waals surface area contributed by atoms with E-state index in [0.717, 1.165) is 11.7 Å². The SMILES string of the molecule is CNC1CCCC1c1nc(C2CCCC2)no1. The maximum atomic E-state index is 5.49. The average Bonchev–Trinajstić information content (AvgIpc) is 3.09. The summed E-state index contributed by atoms with van der Waals surface area (Å²) in [7, 11) is 2.03. The lowest BCUT2D eigenvalue weighted by molar-refractivity contribution is 0.330. The summed E-state index contributed by atoms with van der Waals surface area (Å²) in [5.41, 5.74) is 0. The molecular formula is C13H21N3O. The van der Waals surface area contributed by atoms with Crippen LogP contribution in [0.15, 0.2) is 4.52 Å². The van der Waals surface area contributed by atoms with Crippen LogP contribution in [0.1, 0.15) is 68.5 Å². The zero-order chi connectivity index (χ0) is 11.7. The lowest BCUT2D eigenvalue weighted by Gasteiger charge is -2.14. The van der Waals surface area contributed by atoms with Crippen molar-refractivity contribution in [3.05, 3.63) is 11.7 Å². The Hall–Kier alpha value is -0.900. The van der Waals surface area contributed by atoms with Crippen molar-refractivity contribution in [2.75, 3.05) is 7.05 Å².